The number of nitrogens with one attached hydrogen (secondary N) is 1. The Balaban J connectivity index is 1.40. The number of carbonyl (C=O) groups excluding carboxylic acids is 2. The van der Waals surface area contributed by atoms with Gasteiger partial charge in [0.05, 0.1) is 18.0 Å². The van der Waals surface area contributed by atoms with Crippen LogP contribution in [0, 0.1) is 6.92 Å². The van der Waals surface area contributed by atoms with Crippen molar-refractivity contribution in [2.75, 3.05) is 17.7 Å². The molecule has 0 bridgehead atoms. The molecule has 0 saturated carbocycles. The second-order valence-corrected chi connectivity index (χ2v) is 10.3. The second-order valence-electron chi connectivity index (χ2n) is 8.45. The number of esters is 1. The molecule has 2 aromatic carbocycles. The van der Waals surface area contributed by atoms with Gasteiger partial charge in [-0.3, -0.25) is 14.3 Å². The molecule has 0 spiro atoms. The number of amides is 1. The lowest BCUT2D eigenvalue weighted by Crippen LogP contribution is -2.17. The molecule has 3 aromatic heterocycles. The summed E-state index contributed by atoms with van der Waals surface area (Å²) in [6.07, 6.45) is 3.44. The summed E-state index contributed by atoms with van der Waals surface area (Å²) in [4.78, 5) is 30.2. The third-order valence-corrected chi connectivity index (χ3v) is 7.67. The topological polar surface area (TPSA) is 99.0 Å². The number of thiophene rings is 1. The van der Waals surface area contributed by atoms with Crippen LogP contribution in [0.15, 0.2) is 89.7 Å². The van der Waals surface area contributed by atoms with Gasteiger partial charge in [0.1, 0.15) is 10.6 Å². The summed E-state index contributed by atoms with van der Waals surface area (Å²) in [6.45, 7) is 4.01. The van der Waals surface area contributed by atoms with Crippen LogP contribution >= 0.6 is 23.1 Å². The first-order valence-corrected chi connectivity index (χ1v) is 14.1. The van der Waals surface area contributed by atoms with Gasteiger partial charge in [-0.25, -0.2) is 4.79 Å². The SMILES string of the molecule is CCOC(=O)c1c(-c2ccccc2)csc1NC(=O)CSc1nnc(-c2cccnc2)n1-c1ccccc1C. The van der Waals surface area contributed by atoms with Crippen LogP contribution in [0.5, 0.6) is 0 Å². The van der Waals surface area contributed by atoms with Crippen LogP contribution in [0.1, 0.15) is 22.8 Å². The van der Waals surface area contributed by atoms with E-state index in [1.807, 2.05) is 83.6 Å². The van der Waals surface area contributed by atoms with Crippen molar-refractivity contribution in [3.8, 4) is 28.2 Å². The molecule has 5 aromatic rings. The zero-order chi connectivity index (χ0) is 27.2. The van der Waals surface area contributed by atoms with Crippen molar-refractivity contribution in [1.82, 2.24) is 19.7 Å². The standard InChI is InChI=1S/C29H25N5O3S2/c1-3-37-28(36)25-22(20-11-5-4-6-12-20)17-38-27(25)31-24(35)18-39-29-33-32-26(21-13-9-15-30-16-21)34(29)23-14-8-7-10-19(23)2/h4-17H,3,18H2,1-2H3,(H,31,35). The van der Waals surface area contributed by atoms with E-state index < -0.39 is 5.97 Å². The highest BCUT2D eigenvalue weighted by atomic mass is 32.2. The normalized spacial score (nSPS) is 10.8. The summed E-state index contributed by atoms with van der Waals surface area (Å²) < 4.78 is 7.24. The Bertz CT molecular complexity index is 1600. The van der Waals surface area contributed by atoms with Gasteiger partial charge in [-0.05, 0) is 43.2 Å². The molecule has 0 radical (unpaired) electrons. The van der Waals surface area contributed by atoms with Crippen molar-refractivity contribution in [3.63, 3.8) is 0 Å². The number of rotatable bonds is 9. The van der Waals surface area contributed by atoms with Crippen molar-refractivity contribution in [1.29, 1.82) is 0 Å². The zero-order valence-corrected chi connectivity index (χ0v) is 23.0. The maximum absolute atomic E-state index is 13.1. The number of hydrogen-bond donors (Lipinski definition) is 1. The number of para-hydroxylation sites is 1. The minimum Gasteiger partial charge on any atom is -0.462 e. The van der Waals surface area contributed by atoms with E-state index >= 15 is 0 Å². The molecule has 0 atom stereocenters. The van der Waals surface area contributed by atoms with E-state index in [0.717, 1.165) is 27.9 Å². The van der Waals surface area contributed by atoms with Gasteiger partial charge in [-0.2, -0.15) is 0 Å². The van der Waals surface area contributed by atoms with Gasteiger partial charge in [0.15, 0.2) is 11.0 Å². The number of aryl methyl sites for hydroxylation is 1. The van der Waals surface area contributed by atoms with E-state index in [1.165, 1.54) is 23.1 Å². The fraction of sp³-hybridized carbons (Fsp3) is 0.138. The predicted molar refractivity (Wildman–Crippen MR) is 154 cm³/mol. The molecular weight excluding hydrogens is 530 g/mol. The highest BCUT2D eigenvalue weighted by Crippen LogP contribution is 2.36. The number of aromatic nitrogens is 4. The monoisotopic (exact) mass is 555 g/mol. The van der Waals surface area contributed by atoms with Crippen LogP contribution in [0.2, 0.25) is 0 Å². The van der Waals surface area contributed by atoms with Gasteiger partial charge in [0.2, 0.25) is 5.91 Å². The summed E-state index contributed by atoms with van der Waals surface area (Å²) in [5.41, 5.74) is 4.73. The third-order valence-electron chi connectivity index (χ3n) is 5.85. The van der Waals surface area contributed by atoms with Crippen molar-refractivity contribution >= 4 is 40.0 Å². The van der Waals surface area contributed by atoms with Crippen LogP contribution in [-0.2, 0) is 9.53 Å². The Morgan fingerprint density at radius 3 is 2.51 bits per heavy atom. The summed E-state index contributed by atoms with van der Waals surface area (Å²) in [5, 5.41) is 14.6. The Morgan fingerprint density at radius 2 is 1.77 bits per heavy atom. The second kappa shape index (κ2) is 12.1. The first-order valence-electron chi connectivity index (χ1n) is 12.2. The number of carbonyl (C=O) groups is 2. The first kappa shape index (κ1) is 26.3. The summed E-state index contributed by atoms with van der Waals surface area (Å²) in [7, 11) is 0. The van der Waals surface area contributed by atoms with Crippen molar-refractivity contribution in [2.24, 2.45) is 0 Å². The number of ether oxygens (including phenoxy) is 1. The maximum atomic E-state index is 13.1. The average Bonchev–Trinajstić information content (AvgIpc) is 3.58. The smallest absolute Gasteiger partial charge is 0.341 e. The van der Waals surface area contributed by atoms with Gasteiger partial charge >= 0.3 is 5.97 Å². The fourth-order valence-corrected chi connectivity index (χ4v) is 5.77. The summed E-state index contributed by atoms with van der Waals surface area (Å²) in [5.74, 6) is -0.0383. The Hall–Kier alpha value is -4.28. The van der Waals surface area contributed by atoms with Crippen LogP contribution in [-0.4, -0.2) is 44.0 Å². The molecule has 3 heterocycles. The minimum atomic E-state index is -0.471. The van der Waals surface area contributed by atoms with Crippen LogP contribution in [0.3, 0.4) is 0 Å². The molecule has 8 nitrogen and oxygen atoms in total. The van der Waals surface area contributed by atoms with Gasteiger partial charge in [0, 0.05) is 28.9 Å². The van der Waals surface area contributed by atoms with E-state index in [-0.39, 0.29) is 18.3 Å². The lowest BCUT2D eigenvalue weighted by Gasteiger charge is -2.13. The molecule has 39 heavy (non-hydrogen) atoms. The van der Waals surface area contributed by atoms with Crippen molar-refractivity contribution < 1.29 is 14.3 Å². The van der Waals surface area contributed by atoms with Gasteiger partial charge in [-0.15, -0.1) is 21.5 Å². The van der Waals surface area contributed by atoms with E-state index in [1.54, 1.807) is 19.3 Å². The number of hydrogen-bond acceptors (Lipinski definition) is 8. The van der Waals surface area contributed by atoms with E-state index in [9.17, 15) is 9.59 Å². The molecule has 0 aliphatic heterocycles. The highest BCUT2D eigenvalue weighted by Gasteiger charge is 2.24. The molecule has 0 saturated heterocycles. The molecule has 196 valence electrons. The first-order chi connectivity index (χ1) is 19.1. The Kier molecular flexibility index (Phi) is 8.14. The predicted octanol–water partition coefficient (Wildman–Crippen LogP) is 6.27. The van der Waals surface area contributed by atoms with Crippen molar-refractivity contribution in [3.05, 3.63) is 95.6 Å². The minimum absolute atomic E-state index is 0.0674. The number of thioether (sulfide) groups is 1. The van der Waals surface area contributed by atoms with Gasteiger partial charge in [0.25, 0.3) is 0 Å². The lowest BCUT2D eigenvalue weighted by molar-refractivity contribution is -0.113. The summed E-state index contributed by atoms with van der Waals surface area (Å²) in [6, 6.07) is 21.3. The largest absolute Gasteiger partial charge is 0.462 e. The van der Waals surface area contributed by atoms with E-state index in [0.29, 0.717) is 21.5 Å². The number of anilines is 1. The fourth-order valence-electron chi connectivity index (χ4n) is 4.06. The molecule has 1 N–H and O–H groups in total. The number of nitrogens with zero attached hydrogens (tertiary/aromatic N) is 4. The summed E-state index contributed by atoms with van der Waals surface area (Å²) >= 11 is 2.56. The molecule has 1 amide bonds. The average molecular weight is 556 g/mol. The van der Waals surface area contributed by atoms with E-state index in [2.05, 4.69) is 20.5 Å². The Labute approximate surface area is 234 Å². The molecule has 0 aliphatic carbocycles. The molecule has 0 fully saturated rings. The number of pyridine rings is 1. The molecule has 0 unspecified atom stereocenters. The number of benzene rings is 2. The molecule has 5 rings (SSSR count). The molecule has 0 aliphatic rings. The van der Waals surface area contributed by atoms with Crippen LogP contribution in [0.4, 0.5) is 5.00 Å². The van der Waals surface area contributed by atoms with Crippen LogP contribution < -0.4 is 5.32 Å². The van der Waals surface area contributed by atoms with Gasteiger partial charge in [-0.1, -0.05) is 60.3 Å². The molecule has 10 heteroatoms. The van der Waals surface area contributed by atoms with Crippen LogP contribution in [0.25, 0.3) is 28.2 Å². The molecular formula is C29H25N5O3S2. The van der Waals surface area contributed by atoms with Gasteiger partial charge < -0.3 is 10.1 Å². The third kappa shape index (κ3) is 5.76. The highest BCUT2D eigenvalue weighted by molar-refractivity contribution is 7.99. The maximum Gasteiger partial charge on any atom is 0.341 e. The zero-order valence-electron chi connectivity index (χ0n) is 21.3. The van der Waals surface area contributed by atoms with Crippen molar-refractivity contribution in [2.45, 2.75) is 19.0 Å². The lowest BCUT2D eigenvalue weighted by atomic mass is 10.0. The Morgan fingerprint density at radius 1 is 1.00 bits per heavy atom. The quantitative estimate of drug-likeness (QED) is 0.169. The van der Waals surface area contributed by atoms with E-state index in [4.69, 9.17) is 4.74 Å².